The molecule has 0 spiro atoms. The van der Waals surface area contributed by atoms with Gasteiger partial charge in [0.25, 0.3) is 0 Å². The number of fused-ring (bicyclic) bond motifs is 12. The number of H-pyrrole nitrogens is 3. The van der Waals surface area contributed by atoms with Crippen LogP contribution in [0.1, 0.15) is 83.7 Å². The van der Waals surface area contributed by atoms with E-state index in [-0.39, 0.29) is 0 Å². The van der Waals surface area contributed by atoms with Gasteiger partial charge < -0.3 is 15.0 Å². The lowest BCUT2D eigenvalue weighted by molar-refractivity contribution is 1.23. The average molecular weight is 1250 g/mol. The number of hydrogen-bond donors (Lipinski definition) is 3. The lowest BCUT2D eigenvalue weighted by Gasteiger charge is -2.17. The van der Waals surface area contributed by atoms with Crippen LogP contribution >= 0.6 is 0 Å². The van der Waals surface area contributed by atoms with E-state index in [1.165, 1.54) is 44.5 Å². The molecule has 0 fully saturated rings. The third-order valence-electron chi connectivity index (χ3n) is 19.6. The second kappa shape index (κ2) is 24.8. The van der Waals surface area contributed by atoms with Crippen LogP contribution in [0, 0.1) is 55.4 Å². The second-order valence-corrected chi connectivity index (χ2v) is 26.6. The van der Waals surface area contributed by atoms with Crippen molar-refractivity contribution >= 4 is 33.6 Å². The zero-order valence-electron chi connectivity index (χ0n) is 56.1. The first kappa shape index (κ1) is 60.1. The summed E-state index contributed by atoms with van der Waals surface area (Å²) in [6, 6.07) is 106. The van der Waals surface area contributed by atoms with Gasteiger partial charge in [0.05, 0.1) is 44.9 Å². The molecule has 0 saturated carbocycles. The quantitative estimate of drug-likeness (QED) is 0.116. The number of aryl methyl sites for hydroxylation is 8. The first-order valence-electron chi connectivity index (χ1n) is 33.8. The maximum absolute atomic E-state index is 6.52. The lowest BCUT2D eigenvalue weighted by atomic mass is 9.84. The largest absolute Gasteiger partial charge is 0.353 e. The van der Waals surface area contributed by atoms with Gasteiger partial charge >= 0.3 is 0 Å². The van der Waals surface area contributed by atoms with E-state index in [1.54, 1.807) is 0 Å². The Bertz CT molecular complexity index is 5560. The molecule has 466 valence electrons. The maximum Gasteiger partial charge on any atom is 0.0822 e. The fourth-order valence-corrected chi connectivity index (χ4v) is 14.5. The number of nitrogens with one attached hydrogen (secondary N) is 3. The van der Waals surface area contributed by atoms with Crippen molar-refractivity contribution in [3.05, 3.63) is 385 Å². The Morgan fingerprint density at radius 2 is 0.423 bits per heavy atom. The molecule has 0 amide bonds. The van der Waals surface area contributed by atoms with Crippen LogP contribution in [0.2, 0.25) is 0 Å². The monoisotopic (exact) mass is 1250 g/mol. The molecule has 97 heavy (non-hydrogen) atoms. The van der Waals surface area contributed by atoms with Crippen LogP contribution in [0.15, 0.2) is 296 Å². The van der Waals surface area contributed by atoms with Crippen LogP contribution in [0.25, 0.3) is 106 Å². The van der Waals surface area contributed by atoms with Crippen molar-refractivity contribution in [2.45, 2.75) is 55.4 Å². The molecule has 16 rings (SSSR count). The van der Waals surface area contributed by atoms with Gasteiger partial charge in [-0.1, -0.05) is 330 Å². The average Bonchev–Trinajstić information content (AvgIpc) is 1.56. The topological polar surface area (TPSA) is 59.7 Å². The van der Waals surface area contributed by atoms with E-state index in [4.69, 9.17) is 4.99 Å². The van der Waals surface area contributed by atoms with E-state index in [1.807, 2.05) is 0 Å². The van der Waals surface area contributed by atoms with Crippen LogP contribution in [-0.2, 0) is 0 Å². The summed E-state index contributed by atoms with van der Waals surface area (Å²) in [5.74, 6) is 0. The third-order valence-corrected chi connectivity index (χ3v) is 19.6. The van der Waals surface area contributed by atoms with Gasteiger partial charge in [0.15, 0.2) is 0 Å². The molecule has 0 radical (unpaired) electrons. The molecule has 8 bridgehead atoms. The van der Waals surface area contributed by atoms with Crippen LogP contribution in [0.3, 0.4) is 0 Å². The molecule has 4 heterocycles. The Balaban J connectivity index is 1.27. The number of rotatable bonds is 11. The van der Waals surface area contributed by atoms with E-state index < -0.39 is 0 Å². The van der Waals surface area contributed by atoms with Crippen molar-refractivity contribution in [1.82, 2.24) is 15.0 Å². The standard InChI is InChI=1S/C93H74N4/c1-56-24-40-67(41-25-56)75-77(69-44-28-58(3)29-45-69)88-84(65-20-14-10-15-21-65)90-79(71-48-32-60(5)33-49-71)81(73-52-36-62(7)37-53-73)92(96-90)93-82(74-54-38-63(8)39-55-74)80(72-50-34-61(6)35-51-72)91(97-93)85(66-22-16-11-17-23-66)89-78(70-46-30-59(4)31-47-70)76(68-42-26-57(2)27-43-68)87(95-89)83(86(75)94-88)64-18-12-9-13-19-64/h9-55,94,96-97H,1-8H3. The Labute approximate surface area is 568 Å². The summed E-state index contributed by atoms with van der Waals surface area (Å²) in [7, 11) is 0. The van der Waals surface area contributed by atoms with Gasteiger partial charge in [-0.15, -0.1) is 0 Å². The van der Waals surface area contributed by atoms with Gasteiger partial charge in [-0.2, -0.15) is 0 Å². The highest BCUT2D eigenvalue weighted by Gasteiger charge is 2.38. The zero-order valence-corrected chi connectivity index (χ0v) is 56.1. The number of allylic oxidation sites excluding steroid dienone is 2. The highest BCUT2D eigenvalue weighted by Crippen LogP contribution is 2.55. The smallest absolute Gasteiger partial charge is 0.0822 e. The Morgan fingerprint density at radius 3 is 0.753 bits per heavy atom. The molecule has 2 aliphatic rings. The van der Waals surface area contributed by atoms with E-state index in [0.717, 1.165) is 167 Å². The number of aliphatic imine (C=N–C) groups is 1. The van der Waals surface area contributed by atoms with Crippen molar-refractivity contribution in [2.75, 3.05) is 0 Å². The number of aromatic nitrogens is 3. The van der Waals surface area contributed by atoms with Crippen molar-refractivity contribution in [3.63, 3.8) is 0 Å². The van der Waals surface area contributed by atoms with Gasteiger partial charge in [-0.05, 0) is 117 Å². The summed E-state index contributed by atoms with van der Waals surface area (Å²) in [5.41, 5.74) is 38.1. The lowest BCUT2D eigenvalue weighted by Crippen LogP contribution is -2.22. The van der Waals surface area contributed by atoms with Crippen LogP contribution in [-0.4, -0.2) is 20.7 Å². The molecule has 0 atom stereocenters. The predicted molar refractivity (Wildman–Crippen MR) is 408 cm³/mol. The minimum atomic E-state index is 0.853. The molecule has 1 aliphatic carbocycles. The second-order valence-electron chi connectivity index (χ2n) is 26.6. The van der Waals surface area contributed by atoms with Gasteiger partial charge in [-0.3, -0.25) is 0 Å². The Hall–Kier alpha value is -11.9. The molecule has 4 heteroatoms. The number of aromatic amines is 3. The Kier molecular flexibility index (Phi) is 15.4. The molecule has 0 unspecified atom stereocenters. The summed E-state index contributed by atoms with van der Waals surface area (Å²) in [4.78, 5) is 20.0. The summed E-state index contributed by atoms with van der Waals surface area (Å²) in [6.45, 7) is 17.4. The van der Waals surface area contributed by atoms with E-state index in [9.17, 15) is 0 Å². The molecule has 0 saturated heterocycles. The summed E-state index contributed by atoms with van der Waals surface area (Å²) in [6.07, 6.45) is 0. The van der Waals surface area contributed by atoms with E-state index in [0.29, 0.717) is 0 Å². The van der Waals surface area contributed by atoms with E-state index in [2.05, 4.69) is 355 Å². The minimum Gasteiger partial charge on any atom is -0.353 e. The van der Waals surface area contributed by atoms with Crippen LogP contribution in [0.5, 0.6) is 0 Å². The van der Waals surface area contributed by atoms with Gasteiger partial charge in [0, 0.05) is 61.2 Å². The minimum absolute atomic E-state index is 0.853. The summed E-state index contributed by atoms with van der Waals surface area (Å²) < 4.78 is 0. The molecule has 14 aromatic rings. The molecule has 11 aromatic carbocycles. The molecule has 3 aromatic heterocycles. The van der Waals surface area contributed by atoms with Crippen LogP contribution < -0.4 is 10.7 Å². The number of hydrogen-bond acceptors (Lipinski definition) is 1. The maximum atomic E-state index is 6.52. The highest BCUT2D eigenvalue weighted by atomic mass is 14.9. The zero-order chi connectivity index (χ0) is 66.0. The third kappa shape index (κ3) is 10.9. The molecule has 1 aliphatic heterocycles. The Morgan fingerprint density at radius 1 is 0.186 bits per heavy atom. The first-order valence-corrected chi connectivity index (χ1v) is 33.8. The fraction of sp³-hybridized carbons (Fsp3) is 0.0860. The normalized spacial score (nSPS) is 12.9. The number of benzene rings is 11. The van der Waals surface area contributed by atoms with Crippen LogP contribution in [0.4, 0.5) is 0 Å². The van der Waals surface area contributed by atoms with Crippen molar-refractivity contribution in [3.8, 4) is 78.1 Å². The van der Waals surface area contributed by atoms with Gasteiger partial charge in [-0.25, -0.2) is 4.99 Å². The van der Waals surface area contributed by atoms with E-state index >= 15 is 0 Å². The molecule has 3 N–H and O–H groups in total. The van der Waals surface area contributed by atoms with Crippen molar-refractivity contribution in [2.24, 2.45) is 4.99 Å². The SMILES string of the molecule is Cc1ccc(C2=C(c3ccc(C)cc3)C3=C(c4ccccc4)c4[nH]c(c(-c5ccc(C)cc5)c4-c4ccc(C)cc4)-c4[nH]c(c(-c5ccc(C)cc5)c4-c4ccc(C)cc4)C(c4ccccc4)=c4[nH]c(c(-c5ccc(C)cc5)c4-c4ccc(C)cc4)=C(c4ccccc4)C2=N3)cc1. The molecule has 4 nitrogen and oxygen atoms in total. The predicted octanol–water partition coefficient (Wildman–Crippen LogP) is 22.1. The summed E-state index contributed by atoms with van der Waals surface area (Å²) in [5, 5.41) is 1.91. The fourth-order valence-electron chi connectivity index (χ4n) is 14.5. The van der Waals surface area contributed by atoms with Gasteiger partial charge in [0.2, 0.25) is 0 Å². The van der Waals surface area contributed by atoms with Crippen molar-refractivity contribution < 1.29 is 0 Å². The highest BCUT2D eigenvalue weighted by molar-refractivity contribution is 6.51. The first-order chi connectivity index (χ1) is 47.4. The number of nitrogens with zero attached hydrogens (tertiary/aromatic N) is 1. The summed E-state index contributed by atoms with van der Waals surface area (Å²) >= 11 is 0. The van der Waals surface area contributed by atoms with Gasteiger partial charge in [0.1, 0.15) is 0 Å². The molecular weight excluding hydrogens is 1170 g/mol. The van der Waals surface area contributed by atoms with Crippen molar-refractivity contribution in [1.29, 1.82) is 0 Å². The molecular formula is C93H74N4.